The molecular formula is C24H31N7O. The molecule has 0 amide bonds. The minimum atomic E-state index is -0.234. The number of benzene rings is 1. The van der Waals surface area contributed by atoms with Gasteiger partial charge in [-0.3, -0.25) is 14.6 Å². The Morgan fingerprint density at radius 2 is 1.88 bits per heavy atom. The van der Waals surface area contributed by atoms with Gasteiger partial charge in [0, 0.05) is 36.8 Å². The Morgan fingerprint density at radius 3 is 2.75 bits per heavy atom. The van der Waals surface area contributed by atoms with Gasteiger partial charge in [0.2, 0.25) is 0 Å². The average Bonchev–Trinajstić information content (AvgIpc) is 3.55. The molecule has 2 aromatic heterocycles. The van der Waals surface area contributed by atoms with Crippen LogP contribution < -0.4 is 5.56 Å². The van der Waals surface area contributed by atoms with Crippen molar-refractivity contribution >= 4 is 10.9 Å². The van der Waals surface area contributed by atoms with Gasteiger partial charge in [-0.15, -0.1) is 5.10 Å². The first kappa shape index (κ1) is 20.1. The normalized spacial score (nSPS) is 23.7. The molecule has 4 heterocycles. The lowest BCUT2D eigenvalue weighted by atomic mass is 10.00. The number of piperazine rings is 1. The molecule has 168 valence electrons. The Balaban J connectivity index is 1.47. The van der Waals surface area contributed by atoms with Crippen LogP contribution in [0, 0.1) is 6.92 Å². The minimum Gasteiger partial charge on any atom is -0.322 e. The van der Waals surface area contributed by atoms with Crippen molar-refractivity contribution in [1.29, 1.82) is 0 Å². The van der Waals surface area contributed by atoms with E-state index in [1.54, 1.807) is 0 Å². The summed E-state index contributed by atoms with van der Waals surface area (Å²) >= 11 is 0. The zero-order chi connectivity index (χ0) is 21.7. The van der Waals surface area contributed by atoms with E-state index in [2.05, 4.69) is 49.4 Å². The summed E-state index contributed by atoms with van der Waals surface area (Å²) in [4.78, 5) is 21.6. The number of aromatic nitrogens is 5. The van der Waals surface area contributed by atoms with Crippen molar-refractivity contribution in [1.82, 2.24) is 35.0 Å². The minimum absolute atomic E-state index is 0.0406. The van der Waals surface area contributed by atoms with Crippen LogP contribution >= 0.6 is 0 Å². The molecule has 0 unspecified atom stereocenters. The number of fused-ring (bicyclic) bond motifs is 2. The molecule has 2 saturated heterocycles. The molecule has 6 rings (SSSR count). The Morgan fingerprint density at radius 1 is 1.03 bits per heavy atom. The van der Waals surface area contributed by atoms with Crippen molar-refractivity contribution < 1.29 is 0 Å². The largest absolute Gasteiger partial charge is 0.322 e. The van der Waals surface area contributed by atoms with Crippen LogP contribution in [0.2, 0.25) is 0 Å². The van der Waals surface area contributed by atoms with Gasteiger partial charge in [0.15, 0.2) is 5.82 Å². The quantitative estimate of drug-likeness (QED) is 0.681. The second-order valence-electron chi connectivity index (χ2n) is 9.79. The fourth-order valence-electron chi connectivity index (χ4n) is 6.08. The number of tetrazole rings is 1. The predicted octanol–water partition coefficient (Wildman–Crippen LogP) is 2.81. The van der Waals surface area contributed by atoms with E-state index in [0.29, 0.717) is 12.1 Å². The smallest absolute Gasteiger partial charge is 0.253 e. The van der Waals surface area contributed by atoms with Crippen LogP contribution in [0.1, 0.15) is 67.6 Å². The monoisotopic (exact) mass is 433 g/mol. The number of hydrogen-bond acceptors (Lipinski definition) is 6. The van der Waals surface area contributed by atoms with Crippen molar-refractivity contribution in [2.24, 2.45) is 0 Å². The van der Waals surface area contributed by atoms with Crippen LogP contribution in [0.15, 0.2) is 29.1 Å². The lowest BCUT2D eigenvalue weighted by Crippen LogP contribution is -2.52. The molecule has 8 heteroatoms. The highest BCUT2D eigenvalue weighted by Crippen LogP contribution is 2.35. The number of rotatable bonds is 4. The van der Waals surface area contributed by atoms with E-state index in [1.165, 1.54) is 37.8 Å². The van der Waals surface area contributed by atoms with Crippen molar-refractivity contribution in [2.75, 3.05) is 26.2 Å². The first-order valence-corrected chi connectivity index (χ1v) is 12.1. The third kappa shape index (κ3) is 3.46. The van der Waals surface area contributed by atoms with Gasteiger partial charge < -0.3 is 4.98 Å². The van der Waals surface area contributed by atoms with Gasteiger partial charge in [-0.2, -0.15) is 0 Å². The first-order chi connectivity index (χ1) is 15.7. The van der Waals surface area contributed by atoms with Crippen LogP contribution in [0.4, 0.5) is 0 Å². The highest BCUT2D eigenvalue weighted by Gasteiger charge is 2.38. The second kappa shape index (κ2) is 8.08. The molecule has 2 aliphatic heterocycles. The van der Waals surface area contributed by atoms with Crippen LogP contribution in [0.5, 0.6) is 0 Å². The van der Waals surface area contributed by atoms with E-state index in [0.717, 1.165) is 54.8 Å². The number of nitrogens with one attached hydrogen (secondary N) is 1. The second-order valence-corrected chi connectivity index (χ2v) is 9.79. The number of hydrogen-bond donors (Lipinski definition) is 1. The molecule has 1 N–H and O–H groups in total. The van der Waals surface area contributed by atoms with E-state index >= 15 is 0 Å². The van der Waals surface area contributed by atoms with Crippen molar-refractivity contribution in [2.45, 2.75) is 63.6 Å². The van der Waals surface area contributed by atoms with Crippen molar-refractivity contribution in [3.05, 3.63) is 51.6 Å². The fraction of sp³-hybridized carbons (Fsp3) is 0.583. The van der Waals surface area contributed by atoms with Crippen LogP contribution in [0.3, 0.4) is 0 Å². The summed E-state index contributed by atoms with van der Waals surface area (Å²) in [5.41, 5.74) is 2.77. The molecule has 1 saturated carbocycles. The number of aromatic amines is 1. The lowest BCUT2D eigenvalue weighted by molar-refractivity contribution is 0.0783. The van der Waals surface area contributed by atoms with E-state index in [-0.39, 0.29) is 11.6 Å². The highest BCUT2D eigenvalue weighted by molar-refractivity contribution is 5.79. The highest BCUT2D eigenvalue weighted by atomic mass is 16.1. The van der Waals surface area contributed by atoms with Gasteiger partial charge in [-0.25, -0.2) is 4.68 Å². The molecule has 2 atom stereocenters. The van der Waals surface area contributed by atoms with Crippen LogP contribution in [-0.4, -0.2) is 67.2 Å². The third-order valence-electron chi connectivity index (χ3n) is 7.74. The maximum Gasteiger partial charge on any atom is 0.253 e. The summed E-state index contributed by atoms with van der Waals surface area (Å²) in [6.45, 7) is 6.19. The first-order valence-electron chi connectivity index (χ1n) is 12.1. The lowest BCUT2D eigenvalue weighted by Gasteiger charge is -2.41. The molecule has 8 nitrogen and oxygen atoms in total. The molecule has 0 bridgehead atoms. The van der Waals surface area contributed by atoms with Gasteiger partial charge >= 0.3 is 0 Å². The summed E-state index contributed by atoms with van der Waals surface area (Å²) in [6, 6.07) is 8.89. The maximum absolute atomic E-state index is 13.4. The standard InChI is InChI=1S/C24H31N7O/c1-16-8-9-21-17(13-16)14-20(24(32)25-21)22(30-12-11-29-10-4-7-19(29)15-30)23-26-27-28-31(23)18-5-2-3-6-18/h8-9,13-14,18-19,22H,2-7,10-12,15H2,1H3,(H,25,32)/t19-,22-/m1/s1. The molecule has 3 fully saturated rings. The number of pyridine rings is 1. The molecular weight excluding hydrogens is 402 g/mol. The SMILES string of the molecule is Cc1ccc2[nH]c(=O)c([C@H](c3nnnn3C3CCCC3)N3CCN4CCC[C@@H]4C3)cc2c1. The zero-order valence-corrected chi connectivity index (χ0v) is 18.7. The Labute approximate surface area is 187 Å². The molecule has 3 aliphatic rings. The van der Waals surface area contributed by atoms with Gasteiger partial charge in [-0.1, -0.05) is 24.5 Å². The molecule has 3 aromatic rings. The fourth-order valence-corrected chi connectivity index (χ4v) is 6.08. The van der Waals surface area contributed by atoms with Gasteiger partial charge in [0.05, 0.1) is 6.04 Å². The number of nitrogens with zero attached hydrogens (tertiary/aromatic N) is 6. The van der Waals surface area contributed by atoms with E-state index in [9.17, 15) is 4.79 Å². The Hall–Kier alpha value is -2.58. The molecule has 1 aromatic carbocycles. The average molecular weight is 434 g/mol. The van der Waals surface area contributed by atoms with Gasteiger partial charge in [0.25, 0.3) is 5.56 Å². The van der Waals surface area contributed by atoms with Crippen molar-refractivity contribution in [3.63, 3.8) is 0 Å². The molecule has 0 spiro atoms. The predicted molar refractivity (Wildman–Crippen MR) is 123 cm³/mol. The van der Waals surface area contributed by atoms with Crippen molar-refractivity contribution in [3.8, 4) is 0 Å². The van der Waals surface area contributed by atoms with E-state index < -0.39 is 0 Å². The van der Waals surface area contributed by atoms with Gasteiger partial charge in [-0.05, 0) is 73.2 Å². The summed E-state index contributed by atoms with van der Waals surface area (Å²) in [7, 11) is 0. The summed E-state index contributed by atoms with van der Waals surface area (Å²) < 4.78 is 2.03. The summed E-state index contributed by atoms with van der Waals surface area (Å²) in [5, 5.41) is 14.1. The molecule has 32 heavy (non-hydrogen) atoms. The molecule has 1 aliphatic carbocycles. The topological polar surface area (TPSA) is 82.9 Å². The van der Waals surface area contributed by atoms with Crippen LogP contribution in [-0.2, 0) is 0 Å². The zero-order valence-electron chi connectivity index (χ0n) is 18.7. The third-order valence-corrected chi connectivity index (χ3v) is 7.74. The summed E-state index contributed by atoms with van der Waals surface area (Å²) in [5.74, 6) is 0.820. The van der Waals surface area contributed by atoms with E-state index in [4.69, 9.17) is 0 Å². The summed E-state index contributed by atoms with van der Waals surface area (Å²) in [6.07, 6.45) is 7.13. The number of aryl methyl sites for hydroxylation is 1. The molecule has 0 radical (unpaired) electrons. The van der Waals surface area contributed by atoms with Crippen LogP contribution in [0.25, 0.3) is 10.9 Å². The Kier molecular flexibility index (Phi) is 5.07. The Bertz CT molecular complexity index is 1180. The number of H-pyrrole nitrogens is 1. The van der Waals surface area contributed by atoms with E-state index in [1.807, 2.05) is 16.8 Å². The maximum atomic E-state index is 13.4. The van der Waals surface area contributed by atoms with Gasteiger partial charge in [0.1, 0.15) is 6.04 Å².